The van der Waals surface area contributed by atoms with Gasteiger partial charge >= 0.3 is 5.97 Å². The zero-order valence-electron chi connectivity index (χ0n) is 49.6. The summed E-state index contributed by atoms with van der Waals surface area (Å²) >= 11 is 0. The van der Waals surface area contributed by atoms with Crippen molar-refractivity contribution in [2.24, 2.45) is 0 Å². The highest BCUT2D eigenvalue weighted by atomic mass is 16.8. The van der Waals surface area contributed by atoms with Gasteiger partial charge in [0.1, 0.15) is 165 Å². The molecule has 0 aromatic heterocycles. The average Bonchev–Trinajstić information content (AvgIpc) is 0.783. The van der Waals surface area contributed by atoms with Gasteiger partial charge in [0.2, 0.25) is 17.7 Å². The monoisotopic (exact) mass is 1360 g/mol. The Kier molecular flexibility index (Phi) is 27.2. The first-order chi connectivity index (χ1) is 43.8. The van der Waals surface area contributed by atoms with Gasteiger partial charge in [0.05, 0.1) is 58.4 Å². The van der Waals surface area contributed by atoms with Gasteiger partial charge < -0.3 is 190 Å². The van der Waals surface area contributed by atoms with Crippen molar-refractivity contribution in [3.8, 4) is 0 Å². The first-order valence-corrected chi connectivity index (χ1v) is 29.2. The number of hydrogen-bond donors (Lipinski definition) is 25. The lowest BCUT2D eigenvalue weighted by Gasteiger charge is -2.50. The van der Waals surface area contributed by atoms with Crippen LogP contribution in [0.5, 0.6) is 0 Å². The van der Waals surface area contributed by atoms with Crippen LogP contribution in [0, 0.1) is 0 Å². The Morgan fingerprint density at radius 1 is 0.441 bits per heavy atom. The Hall–Kier alpha value is -3.48. The molecule has 42 nitrogen and oxygen atoms in total. The van der Waals surface area contributed by atoms with E-state index >= 15 is 0 Å². The van der Waals surface area contributed by atoms with E-state index < -0.39 is 297 Å². The molecule has 0 spiro atoms. The predicted octanol–water partition coefficient (Wildman–Crippen LogP) is -16.6. The van der Waals surface area contributed by atoms with Gasteiger partial charge in [0.15, 0.2) is 37.7 Å². The molecular formula is C51H85N3O39. The van der Waals surface area contributed by atoms with Gasteiger partial charge in [0, 0.05) is 27.2 Å². The summed E-state index contributed by atoms with van der Waals surface area (Å²) in [6.45, 7) is -4.54. The molecule has 93 heavy (non-hydrogen) atoms. The SMILES string of the molecule is CC(=O)N[C@H]1[C@H](O[C@H]2[C@@H](O)[C@@H](CO[C@@H]3O[C@H](CO)[C@@H](O[C@@H]4O[C@H](CO)[C@H](O)[C@H](O)[C@H]4O)[C@H](O)[C@H]3NC(C)=O)O[C@@H](O[C@H]3[C@H](O)[C@@H](O)[C@H](O)O[C@@H]3CO)[C@@H]2O)O[C@H](CO)[C@H](O[C@@H]2O[C@H](CO[C@]3(C(=O)O)C[C@H](O)[C@@H](NC(C)=O)[C@H]([C@H](O)[C@H](O)CO)O3)[C@H](O)[C@H](O)[C@H]2O)[C@@H]1O. The first kappa shape index (κ1) is 76.9. The third-order valence-electron chi connectivity index (χ3n) is 16.7. The van der Waals surface area contributed by atoms with Gasteiger partial charge in [-0.3, -0.25) is 14.4 Å². The van der Waals surface area contributed by atoms with Gasteiger partial charge in [-0.15, -0.1) is 0 Å². The summed E-state index contributed by atoms with van der Waals surface area (Å²) in [6, 6.07) is -5.34. The fraction of sp³-hybridized carbons (Fsp3) is 0.922. The Morgan fingerprint density at radius 3 is 1.33 bits per heavy atom. The van der Waals surface area contributed by atoms with Gasteiger partial charge in [-0.05, 0) is 0 Å². The van der Waals surface area contributed by atoms with Crippen LogP contribution in [0.1, 0.15) is 27.2 Å². The van der Waals surface area contributed by atoms with Crippen molar-refractivity contribution in [1.82, 2.24) is 16.0 Å². The van der Waals surface area contributed by atoms with Crippen LogP contribution in [0.4, 0.5) is 0 Å². The molecule has 7 fully saturated rings. The molecular weight excluding hydrogens is 1280 g/mol. The van der Waals surface area contributed by atoms with Crippen LogP contribution >= 0.6 is 0 Å². The van der Waals surface area contributed by atoms with E-state index in [0.717, 1.165) is 20.8 Å². The zero-order chi connectivity index (χ0) is 69.0. The molecule has 3 amide bonds. The number of amides is 3. The van der Waals surface area contributed by atoms with Gasteiger partial charge in [-0.2, -0.15) is 0 Å². The smallest absolute Gasteiger partial charge is 0.364 e. The first-order valence-electron chi connectivity index (χ1n) is 29.2. The van der Waals surface area contributed by atoms with Crippen LogP contribution < -0.4 is 16.0 Å². The van der Waals surface area contributed by atoms with E-state index in [9.17, 15) is 132 Å². The second-order valence-corrected chi connectivity index (χ2v) is 23.3. The topological polar surface area (TPSA) is 669 Å². The Balaban J connectivity index is 1.13. The van der Waals surface area contributed by atoms with E-state index in [1.54, 1.807) is 0 Å². The molecule has 7 aliphatic rings. The summed E-state index contributed by atoms with van der Waals surface area (Å²) in [6.07, 6.45) is -66.4. The van der Waals surface area contributed by atoms with Crippen LogP contribution in [0.2, 0.25) is 0 Å². The van der Waals surface area contributed by atoms with Crippen LogP contribution in [0.25, 0.3) is 0 Å². The summed E-state index contributed by atoms with van der Waals surface area (Å²) in [5.74, 6) is -7.67. The van der Waals surface area contributed by atoms with E-state index in [1.807, 2.05) is 0 Å². The fourth-order valence-electron chi connectivity index (χ4n) is 11.7. The Morgan fingerprint density at radius 2 is 0.849 bits per heavy atom. The standard InChI is InChI=1S/C51H85N3O39/c1-12(60)52-23-15(63)4-51(50(79)80,93-42(23)26(65)16(64)5-55)82-11-22-28(67)33(72)37(76)48(88-22)90-40-20(9-59)86-46(25(31(40)70)54-14(3)62)92-43-29(68)21(87-49(38(43)77)91-41-18(7-57)83-44(78)35(74)34(41)73)10-81-45-24(53-13(2)61)30(69)39(19(8-58)85-45)89-47-36(75)32(71)27(66)17(6-56)84-47/h15-49,55-59,63-78H,4-11H2,1-3H3,(H,52,60)(H,53,61)(H,54,62)(H,79,80)/t15-,16+,17+,18+,19+,20+,21+,22+,23+,24+,25+,26+,27-,28-,29-,30+,31+,32-,33-,34+,35+,36+,37+,38+,39+,40-,41+,42+,43-,44+,45+,46-,47-,48-,49-,51+/m0/s1. The molecule has 7 aliphatic heterocycles. The quantitative estimate of drug-likeness (QED) is 0.0404. The van der Waals surface area contributed by atoms with Crippen LogP contribution in [0.3, 0.4) is 0 Å². The molecule has 7 saturated heterocycles. The number of carboxylic acid groups (broad SMARTS) is 1. The lowest BCUT2D eigenvalue weighted by molar-refractivity contribution is -0.385. The lowest BCUT2D eigenvalue weighted by Crippen LogP contribution is -2.70. The predicted molar refractivity (Wildman–Crippen MR) is 284 cm³/mol. The molecule has 7 rings (SSSR count). The summed E-state index contributed by atoms with van der Waals surface area (Å²) in [5, 5.41) is 244. The highest BCUT2D eigenvalue weighted by Gasteiger charge is 2.60. The molecule has 0 aliphatic carbocycles. The number of aliphatic carboxylic acids is 1. The number of aliphatic hydroxyl groups excluding tert-OH is 21. The van der Waals surface area contributed by atoms with Crippen molar-refractivity contribution in [2.75, 3.05) is 46.2 Å². The zero-order valence-corrected chi connectivity index (χ0v) is 49.6. The second kappa shape index (κ2) is 32.9. The highest BCUT2D eigenvalue weighted by Crippen LogP contribution is 2.39. The Labute approximate surface area is 525 Å². The maximum Gasteiger partial charge on any atom is 0.364 e. The minimum absolute atomic E-state index is 0.813. The second-order valence-electron chi connectivity index (χ2n) is 23.3. The van der Waals surface area contributed by atoms with E-state index in [-0.39, 0.29) is 0 Å². The molecule has 0 aromatic carbocycles. The molecule has 0 radical (unpaired) electrons. The van der Waals surface area contributed by atoms with Crippen LogP contribution in [0.15, 0.2) is 0 Å². The summed E-state index contributed by atoms with van der Waals surface area (Å²) in [4.78, 5) is 50.4. The van der Waals surface area contributed by atoms with Crippen molar-refractivity contribution in [2.45, 2.75) is 248 Å². The average molecular weight is 1360 g/mol. The van der Waals surface area contributed by atoms with Gasteiger partial charge in [-0.25, -0.2) is 4.79 Å². The maximum absolute atomic E-state index is 12.9. The lowest BCUT2D eigenvalue weighted by atomic mass is 9.88. The number of aliphatic hydroxyl groups is 21. The molecule has 0 aromatic rings. The molecule has 36 atom stereocenters. The minimum Gasteiger partial charge on any atom is -0.477 e. The van der Waals surface area contributed by atoms with Gasteiger partial charge in [0.25, 0.3) is 5.79 Å². The number of carbonyl (C=O) groups excluding carboxylic acids is 3. The number of ether oxygens (including phenoxy) is 13. The third-order valence-corrected chi connectivity index (χ3v) is 16.7. The van der Waals surface area contributed by atoms with Crippen molar-refractivity contribution in [3.63, 3.8) is 0 Å². The van der Waals surface area contributed by atoms with Gasteiger partial charge in [-0.1, -0.05) is 0 Å². The van der Waals surface area contributed by atoms with Crippen molar-refractivity contribution < 1.29 is 193 Å². The summed E-state index contributed by atoms with van der Waals surface area (Å²) < 4.78 is 74.6. The number of rotatable bonds is 25. The molecule has 0 bridgehead atoms. The van der Waals surface area contributed by atoms with Crippen molar-refractivity contribution >= 4 is 23.7 Å². The highest BCUT2D eigenvalue weighted by molar-refractivity contribution is 5.77. The normalized spacial score (nSPS) is 47.2. The molecule has 7 heterocycles. The Bertz CT molecular complexity index is 2410. The molecule has 42 heteroatoms. The number of nitrogens with one attached hydrogen (secondary N) is 3. The van der Waals surface area contributed by atoms with E-state index in [1.165, 1.54) is 0 Å². The molecule has 25 N–H and O–H groups in total. The van der Waals surface area contributed by atoms with E-state index in [4.69, 9.17) is 61.6 Å². The minimum atomic E-state index is -3.03. The number of hydrogen-bond acceptors (Lipinski definition) is 38. The molecule has 538 valence electrons. The third kappa shape index (κ3) is 17.0. The summed E-state index contributed by atoms with van der Waals surface area (Å²) in [5.41, 5.74) is 0. The number of carboxylic acids is 1. The van der Waals surface area contributed by atoms with E-state index in [2.05, 4.69) is 16.0 Å². The fourth-order valence-corrected chi connectivity index (χ4v) is 11.7. The van der Waals surface area contributed by atoms with Crippen molar-refractivity contribution in [1.29, 1.82) is 0 Å². The number of carbonyl (C=O) groups is 4. The summed E-state index contributed by atoms with van der Waals surface area (Å²) in [7, 11) is 0. The van der Waals surface area contributed by atoms with Crippen LogP contribution in [-0.4, -0.2) is 403 Å². The largest absolute Gasteiger partial charge is 0.477 e. The maximum atomic E-state index is 12.9. The van der Waals surface area contributed by atoms with E-state index in [0.29, 0.717) is 0 Å². The molecule has 0 saturated carbocycles. The molecule has 0 unspecified atom stereocenters. The van der Waals surface area contributed by atoms with Crippen LogP contribution in [-0.2, 0) is 80.8 Å². The van der Waals surface area contributed by atoms with Crippen molar-refractivity contribution in [3.05, 3.63) is 0 Å².